The Balaban J connectivity index is 2.71. The number of esters is 1. The van der Waals surface area contributed by atoms with Crippen LogP contribution in [0.4, 0.5) is 0 Å². The fraction of sp³-hybridized carbons (Fsp3) is 0.421. The number of nitrogens with one attached hydrogen (secondary N) is 1. The first kappa shape index (κ1) is 22.3. The molecule has 0 heterocycles. The maximum atomic E-state index is 11.9. The molecule has 1 unspecified atom stereocenters. The molecule has 0 aliphatic heterocycles. The Labute approximate surface area is 157 Å². The molecule has 1 aromatic carbocycles. The molecule has 0 aromatic heterocycles. The van der Waals surface area contributed by atoms with Gasteiger partial charge >= 0.3 is 11.9 Å². The van der Waals surface area contributed by atoms with Crippen LogP contribution in [0.2, 0.25) is 0 Å². The van der Waals surface area contributed by atoms with Gasteiger partial charge in [-0.1, -0.05) is 24.3 Å². The molecule has 27 heavy (non-hydrogen) atoms. The van der Waals surface area contributed by atoms with Gasteiger partial charge in [0.15, 0.2) is 6.04 Å². The number of aliphatic carboxylic acids is 1. The van der Waals surface area contributed by atoms with Crippen LogP contribution in [-0.2, 0) is 14.4 Å². The molecule has 0 aliphatic carbocycles. The third-order valence-electron chi connectivity index (χ3n) is 3.78. The number of hydrogen-bond donors (Lipinski definition) is 4. The molecule has 148 valence electrons. The largest absolute Gasteiger partial charge is 0.479 e. The summed E-state index contributed by atoms with van der Waals surface area (Å²) in [5.41, 5.74) is 0.262. The Hall–Kier alpha value is -2.71. The van der Waals surface area contributed by atoms with Crippen LogP contribution < -0.4 is 10.1 Å². The lowest BCUT2D eigenvalue weighted by Gasteiger charge is -2.18. The third kappa shape index (κ3) is 7.59. The predicted octanol–water partition coefficient (Wildman–Crippen LogP) is 1.18. The van der Waals surface area contributed by atoms with Crippen LogP contribution in [0.1, 0.15) is 37.8 Å². The minimum Gasteiger partial charge on any atom is -0.479 e. The van der Waals surface area contributed by atoms with Crippen LogP contribution in [0.3, 0.4) is 0 Å². The smallest absolute Gasteiger partial charge is 0.330 e. The summed E-state index contributed by atoms with van der Waals surface area (Å²) in [7, 11) is 0. The van der Waals surface area contributed by atoms with E-state index in [4.69, 9.17) is 14.9 Å². The van der Waals surface area contributed by atoms with E-state index in [-0.39, 0.29) is 23.7 Å². The second kappa shape index (κ2) is 11.8. The zero-order valence-electron chi connectivity index (χ0n) is 15.1. The molecule has 1 atom stereocenters. The van der Waals surface area contributed by atoms with E-state index < -0.39 is 37.0 Å². The number of ether oxygens (including phenoxy) is 1. The van der Waals surface area contributed by atoms with Crippen molar-refractivity contribution in [3.05, 3.63) is 42.0 Å². The second-order valence-electron chi connectivity index (χ2n) is 5.85. The summed E-state index contributed by atoms with van der Waals surface area (Å²) >= 11 is 0. The maximum absolute atomic E-state index is 11.9. The van der Waals surface area contributed by atoms with Crippen LogP contribution in [0.15, 0.2) is 36.4 Å². The minimum atomic E-state index is -1.36. The van der Waals surface area contributed by atoms with E-state index in [1.807, 2.05) is 19.1 Å². The molecule has 0 saturated heterocycles. The summed E-state index contributed by atoms with van der Waals surface area (Å²) in [6, 6.07) is 4.37. The molecule has 0 radical (unpaired) electrons. The van der Waals surface area contributed by atoms with E-state index in [9.17, 15) is 19.5 Å². The predicted molar refractivity (Wildman–Crippen MR) is 96.9 cm³/mol. The molecule has 1 amide bonds. The number of carboxylic acids is 1. The van der Waals surface area contributed by atoms with E-state index in [0.29, 0.717) is 6.42 Å². The first-order chi connectivity index (χ1) is 12.9. The van der Waals surface area contributed by atoms with Crippen molar-refractivity contribution in [3.63, 3.8) is 0 Å². The lowest BCUT2D eigenvalue weighted by atomic mass is 10.0. The highest BCUT2D eigenvalue weighted by Crippen LogP contribution is 2.19. The standard InChI is InChI=1S/C19H25NO7/c1-2-3-4-5-6-16(23)27-15-9-7-13(8-10-15)17(19(25)26)20-18(24)14(11-21)12-22/h2-3,7-10,14,17,21-22H,4-6,11-12H2,1H3,(H,20,24)(H,25,26)/b3-2-. The van der Waals surface area contributed by atoms with Crippen molar-refractivity contribution in [1.82, 2.24) is 5.32 Å². The molecule has 1 rings (SSSR count). The lowest BCUT2D eigenvalue weighted by molar-refractivity contribution is -0.143. The van der Waals surface area contributed by atoms with Gasteiger partial charge in [0.05, 0.1) is 19.1 Å². The Bertz CT molecular complexity index is 651. The number of hydrogen-bond acceptors (Lipinski definition) is 6. The van der Waals surface area contributed by atoms with Crippen LogP contribution >= 0.6 is 0 Å². The van der Waals surface area contributed by atoms with E-state index in [0.717, 1.165) is 6.42 Å². The normalized spacial score (nSPS) is 12.1. The molecule has 8 nitrogen and oxygen atoms in total. The van der Waals surface area contributed by atoms with Crippen LogP contribution in [0, 0.1) is 5.92 Å². The molecule has 0 bridgehead atoms. The lowest BCUT2D eigenvalue weighted by Crippen LogP contribution is -2.40. The van der Waals surface area contributed by atoms with Gasteiger partial charge in [-0.3, -0.25) is 9.59 Å². The molecular formula is C19H25NO7. The summed E-state index contributed by atoms with van der Waals surface area (Å²) in [6.07, 6.45) is 5.59. The van der Waals surface area contributed by atoms with Gasteiger partial charge in [0.2, 0.25) is 5.91 Å². The van der Waals surface area contributed by atoms with Crippen molar-refractivity contribution in [3.8, 4) is 5.75 Å². The van der Waals surface area contributed by atoms with E-state index in [2.05, 4.69) is 5.32 Å². The Morgan fingerprint density at radius 1 is 1.15 bits per heavy atom. The van der Waals surface area contributed by atoms with Gasteiger partial charge in [-0.25, -0.2) is 4.79 Å². The van der Waals surface area contributed by atoms with Gasteiger partial charge in [-0.15, -0.1) is 0 Å². The second-order valence-corrected chi connectivity index (χ2v) is 5.85. The van der Waals surface area contributed by atoms with Gasteiger partial charge in [-0.05, 0) is 37.5 Å². The number of amides is 1. The highest BCUT2D eigenvalue weighted by molar-refractivity contribution is 5.86. The third-order valence-corrected chi connectivity index (χ3v) is 3.78. The topological polar surface area (TPSA) is 133 Å². The van der Waals surface area contributed by atoms with Crippen LogP contribution in [-0.4, -0.2) is 46.4 Å². The Morgan fingerprint density at radius 2 is 1.78 bits per heavy atom. The zero-order chi connectivity index (χ0) is 20.2. The molecular weight excluding hydrogens is 354 g/mol. The fourth-order valence-electron chi connectivity index (χ4n) is 2.21. The van der Waals surface area contributed by atoms with E-state index >= 15 is 0 Å². The number of rotatable bonds is 11. The number of carboxylic acid groups (broad SMARTS) is 1. The highest BCUT2D eigenvalue weighted by atomic mass is 16.5. The Morgan fingerprint density at radius 3 is 2.30 bits per heavy atom. The van der Waals surface area contributed by atoms with Crippen LogP contribution in [0.5, 0.6) is 5.75 Å². The molecule has 4 N–H and O–H groups in total. The summed E-state index contributed by atoms with van der Waals surface area (Å²) in [6.45, 7) is 0.704. The molecule has 0 saturated carbocycles. The SMILES string of the molecule is C/C=C\CCCC(=O)Oc1ccc(C(NC(=O)C(CO)CO)C(=O)O)cc1. The quantitative estimate of drug-likeness (QED) is 0.196. The highest BCUT2D eigenvalue weighted by Gasteiger charge is 2.26. The fourth-order valence-corrected chi connectivity index (χ4v) is 2.21. The minimum absolute atomic E-state index is 0.262. The number of aliphatic hydroxyl groups excluding tert-OH is 2. The molecule has 0 spiro atoms. The number of benzene rings is 1. The maximum Gasteiger partial charge on any atom is 0.330 e. The number of aliphatic hydroxyl groups is 2. The van der Waals surface area contributed by atoms with Crippen molar-refractivity contribution in [1.29, 1.82) is 0 Å². The Kier molecular flexibility index (Phi) is 9.78. The van der Waals surface area contributed by atoms with Crippen molar-refractivity contribution < 1.29 is 34.4 Å². The summed E-state index contributed by atoms with van der Waals surface area (Å²) in [4.78, 5) is 35.1. The van der Waals surface area contributed by atoms with E-state index in [1.165, 1.54) is 24.3 Å². The van der Waals surface area contributed by atoms with Gasteiger partial charge < -0.3 is 25.4 Å². The van der Waals surface area contributed by atoms with Gasteiger partial charge in [0.25, 0.3) is 0 Å². The first-order valence-corrected chi connectivity index (χ1v) is 8.59. The van der Waals surface area contributed by atoms with E-state index in [1.54, 1.807) is 0 Å². The van der Waals surface area contributed by atoms with Crippen molar-refractivity contribution in [2.45, 2.75) is 32.2 Å². The van der Waals surface area contributed by atoms with Crippen LogP contribution in [0.25, 0.3) is 0 Å². The van der Waals surface area contributed by atoms with Gasteiger partial charge in [0.1, 0.15) is 5.75 Å². The molecule has 0 aliphatic rings. The number of allylic oxidation sites excluding steroid dienone is 2. The zero-order valence-corrected chi connectivity index (χ0v) is 15.1. The molecule has 1 aromatic rings. The summed E-state index contributed by atoms with van der Waals surface area (Å²) in [5, 5.41) is 29.6. The molecule has 8 heteroatoms. The summed E-state index contributed by atoms with van der Waals surface area (Å²) in [5.74, 6) is -3.29. The van der Waals surface area contributed by atoms with Crippen molar-refractivity contribution in [2.75, 3.05) is 13.2 Å². The summed E-state index contributed by atoms with van der Waals surface area (Å²) < 4.78 is 5.18. The average Bonchev–Trinajstić information content (AvgIpc) is 2.65. The monoisotopic (exact) mass is 379 g/mol. The van der Waals surface area contributed by atoms with Crippen molar-refractivity contribution in [2.24, 2.45) is 5.92 Å². The number of carbonyl (C=O) groups excluding carboxylic acids is 2. The number of carbonyl (C=O) groups is 3. The molecule has 0 fully saturated rings. The van der Waals surface area contributed by atoms with Gasteiger partial charge in [0, 0.05) is 6.42 Å². The first-order valence-electron chi connectivity index (χ1n) is 8.59. The average molecular weight is 379 g/mol. The van der Waals surface area contributed by atoms with Crippen molar-refractivity contribution >= 4 is 17.8 Å². The number of unbranched alkanes of at least 4 members (excludes halogenated alkanes) is 1. The van der Waals surface area contributed by atoms with Gasteiger partial charge in [-0.2, -0.15) is 0 Å².